The zero-order valence-electron chi connectivity index (χ0n) is 20.2. The molecule has 2 unspecified atom stereocenters. The molecular weight excluding hydrogens is 400 g/mol. The largest absolute Gasteiger partial charge is 0.357 e. The monoisotopic (exact) mass is 442 g/mol. The summed E-state index contributed by atoms with van der Waals surface area (Å²) in [4.78, 5) is 23.9. The second-order valence-electron chi connectivity index (χ2n) is 9.18. The van der Waals surface area contributed by atoms with E-state index in [0.29, 0.717) is 6.04 Å². The van der Waals surface area contributed by atoms with Crippen LogP contribution in [0.5, 0.6) is 0 Å². The van der Waals surface area contributed by atoms with Gasteiger partial charge in [-0.15, -0.1) is 0 Å². The number of benzene rings is 1. The summed E-state index contributed by atoms with van der Waals surface area (Å²) < 4.78 is 0. The molecule has 2 atom stereocenters. The number of nitrogens with zero attached hydrogens (tertiary/aromatic N) is 4. The van der Waals surface area contributed by atoms with Crippen molar-refractivity contribution in [2.45, 2.75) is 57.7 Å². The topological polar surface area (TPSA) is 63.2 Å². The number of hydrogen-bond acceptors (Lipinski definition) is 4. The smallest absolute Gasteiger partial charge is 0.239 e. The van der Waals surface area contributed by atoms with Crippen LogP contribution in [0.2, 0.25) is 0 Å². The van der Waals surface area contributed by atoms with Crippen LogP contribution in [0.15, 0.2) is 35.3 Å². The van der Waals surface area contributed by atoms with Crippen LogP contribution >= 0.6 is 0 Å². The Balaban J connectivity index is 1.44. The van der Waals surface area contributed by atoms with Crippen LogP contribution in [-0.4, -0.2) is 92.0 Å². The summed E-state index contributed by atoms with van der Waals surface area (Å²) in [7, 11) is 3.70. The molecule has 0 aromatic heterocycles. The van der Waals surface area contributed by atoms with Crippen LogP contribution in [0.25, 0.3) is 0 Å². The first kappa shape index (κ1) is 24.5. The van der Waals surface area contributed by atoms with Gasteiger partial charge in [-0.2, -0.15) is 0 Å². The van der Waals surface area contributed by atoms with E-state index in [2.05, 4.69) is 57.7 Å². The number of nitrogens with one attached hydrogen (secondary N) is 2. The van der Waals surface area contributed by atoms with Gasteiger partial charge in [-0.25, -0.2) is 0 Å². The summed E-state index contributed by atoms with van der Waals surface area (Å²) in [5, 5.41) is 6.89. The maximum Gasteiger partial charge on any atom is 0.239 e. The van der Waals surface area contributed by atoms with Gasteiger partial charge in [0, 0.05) is 46.3 Å². The van der Waals surface area contributed by atoms with Crippen LogP contribution in [0.4, 0.5) is 0 Å². The highest BCUT2D eigenvalue weighted by atomic mass is 16.2. The van der Waals surface area contributed by atoms with Crippen molar-refractivity contribution in [3.8, 4) is 0 Å². The quantitative estimate of drug-likeness (QED) is 0.330. The summed E-state index contributed by atoms with van der Waals surface area (Å²) in [6, 6.07) is 11.3. The molecule has 2 aliphatic heterocycles. The Morgan fingerprint density at radius 1 is 1.09 bits per heavy atom. The van der Waals surface area contributed by atoms with E-state index >= 15 is 0 Å². The van der Waals surface area contributed by atoms with E-state index in [0.717, 1.165) is 71.0 Å². The first-order chi connectivity index (χ1) is 15.6. The average Bonchev–Trinajstić information content (AvgIpc) is 3.44. The molecule has 1 amide bonds. The highest BCUT2D eigenvalue weighted by Crippen LogP contribution is 2.20. The van der Waals surface area contributed by atoms with E-state index < -0.39 is 0 Å². The molecule has 0 aliphatic carbocycles. The van der Waals surface area contributed by atoms with Crippen molar-refractivity contribution >= 4 is 11.9 Å². The molecule has 178 valence electrons. The Labute approximate surface area is 194 Å². The molecule has 2 aliphatic rings. The van der Waals surface area contributed by atoms with E-state index in [1.54, 1.807) is 4.90 Å². The molecule has 1 aromatic carbocycles. The van der Waals surface area contributed by atoms with Crippen molar-refractivity contribution in [1.82, 2.24) is 25.3 Å². The number of guanidine groups is 1. The van der Waals surface area contributed by atoms with Crippen LogP contribution < -0.4 is 10.6 Å². The van der Waals surface area contributed by atoms with Crippen molar-refractivity contribution in [3.63, 3.8) is 0 Å². The summed E-state index contributed by atoms with van der Waals surface area (Å²) in [5.74, 6) is 1.14. The SMILES string of the molecule is CCNC(=NCC1CCCN1Cc1ccccc1)NCCCN1CCCC1C(=O)N(C)C. The number of likely N-dealkylation sites (tertiary alicyclic amines) is 2. The fraction of sp³-hybridized carbons (Fsp3) is 0.680. The second-order valence-corrected chi connectivity index (χ2v) is 9.18. The molecule has 32 heavy (non-hydrogen) atoms. The standard InChI is InChI=1S/C25H42N6O/c1-4-26-25(27-15-10-18-30-16-9-14-23(30)24(32)29(2)3)28-19-22-13-8-17-31(22)20-21-11-6-5-7-12-21/h5-7,11-12,22-23H,4,8-10,13-20H2,1-3H3,(H2,26,27,28). The second kappa shape index (κ2) is 12.8. The lowest BCUT2D eigenvalue weighted by Gasteiger charge is -2.26. The minimum Gasteiger partial charge on any atom is -0.357 e. The lowest BCUT2D eigenvalue weighted by molar-refractivity contribution is -0.133. The summed E-state index contributed by atoms with van der Waals surface area (Å²) >= 11 is 0. The molecule has 2 N–H and O–H groups in total. The molecule has 2 heterocycles. The van der Waals surface area contributed by atoms with E-state index in [-0.39, 0.29) is 11.9 Å². The Morgan fingerprint density at radius 2 is 1.84 bits per heavy atom. The van der Waals surface area contributed by atoms with Gasteiger partial charge in [-0.1, -0.05) is 30.3 Å². The third kappa shape index (κ3) is 7.20. The average molecular weight is 443 g/mol. The van der Waals surface area contributed by atoms with Gasteiger partial charge in [0.2, 0.25) is 5.91 Å². The number of likely N-dealkylation sites (N-methyl/N-ethyl adjacent to an activating group) is 1. The van der Waals surface area contributed by atoms with Crippen molar-refractivity contribution < 1.29 is 4.79 Å². The highest BCUT2D eigenvalue weighted by Gasteiger charge is 2.31. The van der Waals surface area contributed by atoms with Gasteiger partial charge in [0.15, 0.2) is 5.96 Å². The minimum atomic E-state index is 0.0601. The molecule has 2 fully saturated rings. The molecule has 0 saturated carbocycles. The third-order valence-corrected chi connectivity index (χ3v) is 6.54. The van der Waals surface area contributed by atoms with Gasteiger partial charge < -0.3 is 15.5 Å². The molecule has 7 heteroatoms. The van der Waals surface area contributed by atoms with Gasteiger partial charge >= 0.3 is 0 Å². The fourth-order valence-corrected chi connectivity index (χ4v) is 4.83. The maximum atomic E-state index is 12.4. The van der Waals surface area contributed by atoms with Crippen molar-refractivity contribution in [2.24, 2.45) is 4.99 Å². The van der Waals surface area contributed by atoms with Gasteiger partial charge in [0.05, 0.1) is 12.6 Å². The van der Waals surface area contributed by atoms with Crippen LogP contribution in [0.3, 0.4) is 0 Å². The van der Waals surface area contributed by atoms with Crippen LogP contribution in [0, 0.1) is 0 Å². The Morgan fingerprint density at radius 3 is 2.59 bits per heavy atom. The predicted molar refractivity (Wildman–Crippen MR) is 132 cm³/mol. The highest BCUT2D eigenvalue weighted by molar-refractivity contribution is 5.81. The Hall–Kier alpha value is -2.12. The molecular formula is C25H42N6O. The minimum absolute atomic E-state index is 0.0601. The number of carbonyl (C=O) groups excluding carboxylic acids is 1. The molecule has 1 aromatic rings. The third-order valence-electron chi connectivity index (χ3n) is 6.54. The molecule has 2 saturated heterocycles. The van der Waals surface area contributed by atoms with Crippen LogP contribution in [-0.2, 0) is 11.3 Å². The number of amides is 1. The molecule has 0 radical (unpaired) electrons. The normalized spacial score (nSPS) is 22.3. The van der Waals surface area contributed by atoms with Crippen molar-refractivity contribution in [1.29, 1.82) is 0 Å². The number of aliphatic imine (C=N–C) groups is 1. The number of carbonyl (C=O) groups is 1. The summed E-state index contributed by atoms with van der Waals surface area (Å²) in [6.07, 6.45) is 5.56. The Kier molecular flexibility index (Phi) is 9.81. The van der Waals surface area contributed by atoms with Gasteiger partial charge in [-0.05, 0) is 57.7 Å². The van der Waals surface area contributed by atoms with E-state index in [4.69, 9.17) is 4.99 Å². The predicted octanol–water partition coefficient (Wildman–Crippen LogP) is 2.15. The molecule has 0 spiro atoms. The zero-order chi connectivity index (χ0) is 22.8. The summed E-state index contributed by atoms with van der Waals surface area (Å²) in [6.45, 7) is 8.79. The lowest BCUT2D eigenvalue weighted by Crippen LogP contribution is -2.44. The molecule has 7 nitrogen and oxygen atoms in total. The lowest BCUT2D eigenvalue weighted by atomic mass is 10.2. The van der Waals surface area contributed by atoms with Gasteiger partial charge in [0.1, 0.15) is 0 Å². The van der Waals surface area contributed by atoms with Crippen molar-refractivity contribution in [2.75, 3.05) is 53.4 Å². The van der Waals surface area contributed by atoms with Crippen molar-refractivity contribution in [3.05, 3.63) is 35.9 Å². The number of rotatable bonds is 10. The first-order valence-corrected chi connectivity index (χ1v) is 12.3. The zero-order valence-corrected chi connectivity index (χ0v) is 20.2. The van der Waals surface area contributed by atoms with Gasteiger partial charge in [0.25, 0.3) is 0 Å². The van der Waals surface area contributed by atoms with Crippen LogP contribution in [0.1, 0.15) is 44.6 Å². The molecule has 3 rings (SSSR count). The summed E-state index contributed by atoms with van der Waals surface area (Å²) in [5.41, 5.74) is 1.38. The number of hydrogen-bond donors (Lipinski definition) is 2. The van der Waals surface area contributed by atoms with E-state index in [1.807, 2.05) is 14.1 Å². The van der Waals surface area contributed by atoms with E-state index in [1.165, 1.54) is 18.4 Å². The molecule has 0 bridgehead atoms. The Bertz CT molecular complexity index is 722. The van der Waals surface area contributed by atoms with Gasteiger partial charge in [-0.3, -0.25) is 19.6 Å². The maximum absolute atomic E-state index is 12.4. The van der Waals surface area contributed by atoms with E-state index in [9.17, 15) is 4.79 Å². The first-order valence-electron chi connectivity index (χ1n) is 12.3. The fourth-order valence-electron chi connectivity index (χ4n) is 4.83.